The van der Waals surface area contributed by atoms with Gasteiger partial charge in [-0.15, -0.1) is 0 Å². The smallest absolute Gasteiger partial charge is 0.262 e. The van der Waals surface area contributed by atoms with E-state index in [1.165, 1.54) is 0 Å². The van der Waals surface area contributed by atoms with Gasteiger partial charge in [0.05, 0.1) is 17.2 Å². The predicted octanol–water partition coefficient (Wildman–Crippen LogP) is 0.578. The third-order valence-electron chi connectivity index (χ3n) is 3.73. The van der Waals surface area contributed by atoms with E-state index in [1.807, 2.05) is 0 Å². The molecule has 6 heteroatoms. The molecule has 0 unspecified atom stereocenters. The lowest BCUT2D eigenvalue weighted by atomic mass is 10.1. The molecule has 1 aromatic carbocycles. The largest absolute Gasteiger partial charge is 0.376 e. The van der Waals surface area contributed by atoms with E-state index in [9.17, 15) is 14.4 Å². The van der Waals surface area contributed by atoms with Crippen molar-refractivity contribution < 1.29 is 19.1 Å². The maximum Gasteiger partial charge on any atom is 0.262 e. The summed E-state index contributed by atoms with van der Waals surface area (Å²) in [6.07, 6.45) is 1.96. The Balaban J connectivity index is 1.59. The molecule has 0 aromatic heterocycles. The number of nitrogens with one attached hydrogen (secondary N) is 1. The third-order valence-corrected chi connectivity index (χ3v) is 3.73. The lowest BCUT2D eigenvalue weighted by Crippen LogP contribution is -2.42. The van der Waals surface area contributed by atoms with Crippen LogP contribution in [0.1, 0.15) is 33.6 Å². The number of hydrogen-bond acceptors (Lipinski definition) is 4. The summed E-state index contributed by atoms with van der Waals surface area (Å²) in [5.74, 6) is -1.18. The lowest BCUT2D eigenvalue weighted by molar-refractivity contribution is -0.121. The lowest BCUT2D eigenvalue weighted by Gasteiger charge is -2.15. The fourth-order valence-electron chi connectivity index (χ4n) is 2.62. The average Bonchev–Trinajstić information content (AvgIpc) is 3.09. The summed E-state index contributed by atoms with van der Waals surface area (Å²) in [6.45, 7) is 0.889. The van der Waals surface area contributed by atoms with Crippen LogP contribution in [-0.2, 0) is 9.53 Å². The van der Waals surface area contributed by atoms with Gasteiger partial charge in [-0.1, -0.05) is 12.1 Å². The summed E-state index contributed by atoms with van der Waals surface area (Å²) in [7, 11) is 0. The summed E-state index contributed by atoms with van der Waals surface area (Å²) in [4.78, 5) is 37.1. The summed E-state index contributed by atoms with van der Waals surface area (Å²) in [5.41, 5.74) is 0.712. The Hall–Kier alpha value is -2.21. The highest BCUT2D eigenvalue weighted by Gasteiger charge is 2.36. The van der Waals surface area contributed by atoms with Crippen LogP contribution in [0.4, 0.5) is 0 Å². The van der Waals surface area contributed by atoms with Gasteiger partial charge in [0.15, 0.2) is 0 Å². The highest BCUT2D eigenvalue weighted by molar-refractivity contribution is 6.22. The topological polar surface area (TPSA) is 75.7 Å². The first-order valence-corrected chi connectivity index (χ1v) is 7.00. The van der Waals surface area contributed by atoms with Crippen LogP contribution in [0.15, 0.2) is 24.3 Å². The van der Waals surface area contributed by atoms with Gasteiger partial charge < -0.3 is 10.1 Å². The zero-order chi connectivity index (χ0) is 14.8. The molecular formula is C15H16N2O4. The van der Waals surface area contributed by atoms with Crippen molar-refractivity contribution in [2.75, 3.05) is 19.7 Å². The summed E-state index contributed by atoms with van der Waals surface area (Å²) < 4.78 is 5.40. The third kappa shape index (κ3) is 2.67. The number of carbonyl (C=O) groups excluding carboxylic acids is 3. The Morgan fingerprint density at radius 2 is 1.90 bits per heavy atom. The molecule has 3 rings (SSSR count). The summed E-state index contributed by atoms with van der Waals surface area (Å²) in [5, 5.41) is 2.71. The molecule has 6 nitrogen and oxygen atoms in total. The molecule has 2 heterocycles. The van der Waals surface area contributed by atoms with Gasteiger partial charge in [0.1, 0.15) is 6.54 Å². The van der Waals surface area contributed by atoms with E-state index < -0.39 is 11.8 Å². The Morgan fingerprint density at radius 1 is 1.24 bits per heavy atom. The number of rotatable bonds is 4. The molecule has 0 aliphatic carbocycles. The monoisotopic (exact) mass is 288 g/mol. The van der Waals surface area contributed by atoms with Crippen LogP contribution in [0.2, 0.25) is 0 Å². The van der Waals surface area contributed by atoms with Crippen molar-refractivity contribution in [3.05, 3.63) is 35.4 Å². The zero-order valence-corrected chi connectivity index (χ0v) is 11.5. The molecule has 2 aliphatic rings. The van der Waals surface area contributed by atoms with E-state index in [0.29, 0.717) is 17.7 Å². The Morgan fingerprint density at radius 3 is 2.48 bits per heavy atom. The minimum Gasteiger partial charge on any atom is -0.376 e. The number of fused-ring (bicyclic) bond motifs is 1. The number of amides is 3. The Labute approximate surface area is 122 Å². The van der Waals surface area contributed by atoms with Crippen molar-refractivity contribution >= 4 is 17.7 Å². The standard InChI is InChI=1S/C15H16N2O4/c18-13(16-8-10-4-3-7-21-10)9-17-14(19)11-5-1-2-6-12(11)15(17)20/h1-2,5-6,10H,3-4,7-9H2,(H,16,18)/t10-/m0/s1. The van der Waals surface area contributed by atoms with Gasteiger partial charge in [-0.05, 0) is 25.0 Å². The Bertz CT molecular complexity index is 558. The summed E-state index contributed by atoms with van der Waals surface area (Å²) >= 11 is 0. The van der Waals surface area contributed by atoms with Gasteiger partial charge in [-0.25, -0.2) is 0 Å². The first kappa shape index (κ1) is 13.8. The zero-order valence-electron chi connectivity index (χ0n) is 11.5. The van der Waals surface area contributed by atoms with Crippen LogP contribution in [-0.4, -0.2) is 48.4 Å². The van der Waals surface area contributed by atoms with Crippen molar-refractivity contribution in [2.45, 2.75) is 18.9 Å². The van der Waals surface area contributed by atoms with Gasteiger partial charge in [-0.2, -0.15) is 0 Å². The van der Waals surface area contributed by atoms with Crippen LogP contribution < -0.4 is 5.32 Å². The van der Waals surface area contributed by atoms with E-state index >= 15 is 0 Å². The van der Waals surface area contributed by atoms with Gasteiger partial charge in [0.2, 0.25) is 5.91 Å². The molecule has 0 radical (unpaired) electrons. The van der Waals surface area contributed by atoms with E-state index in [0.717, 1.165) is 24.3 Å². The van der Waals surface area contributed by atoms with Crippen LogP contribution in [0, 0.1) is 0 Å². The molecule has 110 valence electrons. The first-order valence-electron chi connectivity index (χ1n) is 7.00. The normalized spacial score (nSPS) is 20.8. The molecule has 0 spiro atoms. The minimum absolute atomic E-state index is 0.0381. The van der Waals surface area contributed by atoms with Crippen molar-refractivity contribution in [1.29, 1.82) is 0 Å². The number of nitrogens with zero attached hydrogens (tertiary/aromatic N) is 1. The second-order valence-electron chi connectivity index (χ2n) is 5.18. The molecule has 1 atom stereocenters. The molecule has 2 aliphatic heterocycles. The highest BCUT2D eigenvalue weighted by atomic mass is 16.5. The van der Waals surface area contributed by atoms with Crippen molar-refractivity contribution in [3.8, 4) is 0 Å². The van der Waals surface area contributed by atoms with Crippen molar-refractivity contribution in [2.24, 2.45) is 0 Å². The number of hydrogen-bond donors (Lipinski definition) is 1. The average molecular weight is 288 g/mol. The van der Waals surface area contributed by atoms with Gasteiger partial charge in [0, 0.05) is 13.2 Å². The molecule has 3 amide bonds. The van der Waals surface area contributed by atoms with Crippen molar-refractivity contribution in [1.82, 2.24) is 10.2 Å². The predicted molar refractivity (Wildman–Crippen MR) is 73.8 cm³/mol. The Kier molecular flexibility index (Phi) is 3.70. The molecule has 1 fully saturated rings. The second kappa shape index (κ2) is 5.65. The van der Waals surface area contributed by atoms with Gasteiger partial charge >= 0.3 is 0 Å². The quantitative estimate of drug-likeness (QED) is 0.822. The molecule has 1 N–H and O–H groups in total. The fraction of sp³-hybridized carbons (Fsp3) is 0.400. The minimum atomic E-state index is -0.414. The van der Waals surface area contributed by atoms with Crippen LogP contribution in [0.3, 0.4) is 0 Å². The molecule has 1 saturated heterocycles. The number of benzene rings is 1. The molecule has 0 bridgehead atoms. The van der Waals surface area contributed by atoms with E-state index in [2.05, 4.69) is 5.32 Å². The second-order valence-corrected chi connectivity index (χ2v) is 5.18. The molecule has 21 heavy (non-hydrogen) atoms. The SMILES string of the molecule is O=C(CN1C(=O)c2ccccc2C1=O)NC[C@@H]1CCCO1. The van der Waals surface area contributed by atoms with Crippen LogP contribution >= 0.6 is 0 Å². The summed E-state index contributed by atoms with van der Waals surface area (Å²) in [6, 6.07) is 6.59. The van der Waals surface area contributed by atoms with Crippen LogP contribution in [0.5, 0.6) is 0 Å². The highest BCUT2D eigenvalue weighted by Crippen LogP contribution is 2.21. The fourth-order valence-corrected chi connectivity index (χ4v) is 2.62. The van der Waals surface area contributed by atoms with Gasteiger partial charge in [-0.3, -0.25) is 19.3 Å². The number of ether oxygens (including phenoxy) is 1. The number of carbonyl (C=O) groups is 3. The first-order chi connectivity index (χ1) is 10.2. The molecular weight excluding hydrogens is 272 g/mol. The number of imide groups is 1. The van der Waals surface area contributed by atoms with E-state index in [1.54, 1.807) is 24.3 Å². The molecule has 0 saturated carbocycles. The maximum absolute atomic E-state index is 12.1. The maximum atomic E-state index is 12.1. The van der Waals surface area contributed by atoms with Crippen molar-refractivity contribution in [3.63, 3.8) is 0 Å². The van der Waals surface area contributed by atoms with Gasteiger partial charge in [0.25, 0.3) is 11.8 Å². The van der Waals surface area contributed by atoms with E-state index in [-0.39, 0.29) is 18.6 Å². The van der Waals surface area contributed by atoms with Crippen LogP contribution in [0.25, 0.3) is 0 Å². The van der Waals surface area contributed by atoms with E-state index in [4.69, 9.17) is 4.74 Å². The molecule has 1 aromatic rings.